The highest BCUT2D eigenvalue weighted by Crippen LogP contribution is 2.40. The van der Waals surface area contributed by atoms with Crippen LogP contribution in [0.25, 0.3) is 0 Å². The largest absolute Gasteiger partial charge is 0.377 e. The lowest BCUT2D eigenvalue weighted by molar-refractivity contribution is 0.0460. The molecule has 2 aliphatic carbocycles. The molecule has 1 heterocycles. The topological polar surface area (TPSA) is 24.5 Å². The lowest BCUT2D eigenvalue weighted by Crippen LogP contribution is -2.47. The Morgan fingerprint density at radius 1 is 1.19 bits per heavy atom. The Kier molecular flexibility index (Phi) is 5.23. The average Bonchev–Trinajstić information content (AvgIpc) is 3.14. The molecule has 0 aromatic heterocycles. The molecule has 0 bridgehead atoms. The first-order valence-corrected chi connectivity index (χ1v) is 9.19. The van der Waals surface area contributed by atoms with Gasteiger partial charge in [-0.1, -0.05) is 19.8 Å². The molecule has 3 heteroatoms. The van der Waals surface area contributed by atoms with Gasteiger partial charge < -0.3 is 15.0 Å². The minimum absolute atomic E-state index is 0.490. The minimum atomic E-state index is 0.490. The van der Waals surface area contributed by atoms with Gasteiger partial charge in [0.05, 0.1) is 6.10 Å². The van der Waals surface area contributed by atoms with Crippen LogP contribution in [0.1, 0.15) is 58.3 Å². The third kappa shape index (κ3) is 4.67. The van der Waals surface area contributed by atoms with Crippen LogP contribution in [0.2, 0.25) is 0 Å². The molecule has 0 radical (unpaired) electrons. The molecule has 0 aromatic rings. The van der Waals surface area contributed by atoms with Gasteiger partial charge in [0, 0.05) is 32.3 Å². The Balaban J connectivity index is 1.54. The number of hydrogen-bond donors (Lipinski definition) is 1. The van der Waals surface area contributed by atoms with Gasteiger partial charge in [0.15, 0.2) is 0 Å². The number of likely N-dealkylation sites (N-methyl/N-ethyl adjacent to an activating group) is 1. The number of nitrogens with zero attached hydrogens (tertiary/aromatic N) is 1. The molecule has 3 fully saturated rings. The summed E-state index contributed by atoms with van der Waals surface area (Å²) in [5, 5.41) is 3.83. The molecule has 3 rings (SSSR count). The molecular formula is C18H34N2O. The zero-order chi connectivity index (χ0) is 14.7. The van der Waals surface area contributed by atoms with E-state index < -0.39 is 0 Å². The first kappa shape index (κ1) is 15.8. The summed E-state index contributed by atoms with van der Waals surface area (Å²) in [5.74, 6) is 0.899. The predicted octanol–water partition coefficient (Wildman–Crippen LogP) is 3.05. The highest BCUT2D eigenvalue weighted by atomic mass is 16.5. The summed E-state index contributed by atoms with van der Waals surface area (Å²) in [6, 6.07) is 0.836. The van der Waals surface area contributed by atoms with Gasteiger partial charge in [-0.25, -0.2) is 0 Å². The Bertz CT molecular complexity index is 325. The van der Waals surface area contributed by atoms with Gasteiger partial charge in [-0.3, -0.25) is 0 Å². The van der Waals surface area contributed by atoms with Crippen molar-refractivity contribution < 1.29 is 4.74 Å². The van der Waals surface area contributed by atoms with Crippen LogP contribution in [-0.4, -0.2) is 50.3 Å². The minimum Gasteiger partial charge on any atom is -0.377 e. The SMILES string of the molecule is CC1CCCC(CNC2CC2)(CN(C)CC2CCCO2)C1. The Morgan fingerprint density at radius 3 is 2.71 bits per heavy atom. The summed E-state index contributed by atoms with van der Waals surface area (Å²) in [4.78, 5) is 2.56. The van der Waals surface area contributed by atoms with Gasteiger partial charge in [0.25, 0.3) is 0 Å². The number of ether oxygens (including phenoxy) is 1. The summed E-state index contributed by atoms with van der Waals surface area (Å²) >= 11 is 0. The Hall–Kier alpha value is -0.120. The smallest absolute Gasteiger partial charge is 0.0702 e. The summed E-state index contributed by atoms with van der Waals surface area (Å²) in [6.07, 6.45) is 11.5. The molecule has 0 aromatic carbocycles. The molecule has 21 heavy (non-hydrogen) atoms. The Morgan fingerprint density at radius 2 is 2.05 bits per heavy atom. The van der Waals surface area contributed by atoms with E-state index in [9.17, 15) is 0 Å². The molecule has 3 nitrogen and oxygen atoms in total. The van der Waals surface area contributed by atoms with Crippen molar-refractivity contribution in [1.29, 1.82) is 0 Å². The van der Waals surface area contributed by atoms with Crippen LogP contribution in [0, 0.1) is 11.3 Å². The van der Waals surface area contributed by atoms with Crippen LogP contribution in [-0.2, 0) is 4.74 Å². The van der Waals surface area contributed by atoms with Crippen LogP contribution in [0.4, 0.5) is 0 Å². The third-order valence-corrected chi connectivity index (χ3v) is 5.67. The van der Waals surface area contributed by atoms with Gasteiger partial charge in [-0.05, 0) is 56.9 Å². The second-order valence-electron chi connectivity index (χ2n) is 8.19. The van der Waals surface area contributed by atoms with Crippen LogP contribution in [0.15, 0.2) is 0 Å². The highest BCUT2D eigenvalue weighted by Gasteiger charge is 2.37. The molecular weight excluding hydrogens is 260 g/mol. The second kappa shape index (κ2) is 6.97. The lowest BCUT2D eigenvalue weighted by Gasteiger charge is -2.43. The van der Waals surface area contributed by atoms with Gasteiger partial charge in [0.2, 0.25) is 0 Å². The summed E-state index contributed by atoms with van der Waals surface area (Å²) in [5.41, 5.74) is 0.508. The maximum absolute atomic E-state index is 5.82. The van der Waals surface area contributed by atoms with Crippen molar-refractivity contribution in [3.05, 3.63) is 0 Å². The molecule has 1 N–H and O–H groups in total. The predicted molar refractivity (Wildman–Crippen MR) is 87.6 cm³/mol. The molecule has 1 saturated heterocycles. The van der Waals surface area contributed by atoms with Crippen molar-refractivity contribution in [2.75, 3.05) is 33.3 Å². The molecule has 1 aliphatic heterocycles. The fourth-order valence-corrected chi connectivity index (χ4v) is 4.55. The number of nitrogens with one attached hydrogen (secondary N) is 1. The number of hydrogen-bond acceptors (Lipinski definition) is 3. The van der Waals surface area contributed by atoms with E-state index in [-0.39, 0.29) is 0 Å². The van der Waals surface area contributed by atoms with E-state index in [0.29, 0.717) is 11.5 Å². The molecule has 122 valence electrons. The van der Waals surface area contributed by atoms with Crippen LogP contribution in [0.5, 0.6) is 0 Å². The van der Waals surface area contributed by atoms with Crippen LogP contribution >= 0.6 is 0 Å². The monoisotopic (exact) mass is 294 g/mol. The fourth-order valence-electron chi connectivity index (χ4n) is 4.55. The quantitative estimate of drug-likeness (QED) is 0.781. The molecule has 2 saturated carbocycles. The van der Waals surface area contributed by atoms with Crippen molar-refractivity contribution in [2.24, 2.45) is 11.3 Å². The normalized spacial score (nSPS) is 37.3. The summed E-state index contributed by atoms with van der Waals surface area (Å²) in [7, 11) is 2.31. The maximum Gasteiger partial charge on any atom is 0.0702 e. The van der Waals surface area contributed by atoms with E-state index in [0.717, 1.165) is 25.1 Å². The van der Waals surface area contributed by atoms with E-state index in [1.165, 1.54) is 64.5 Å². The van der Waals surface area contributed by atoms with Gasteiger partial charge >= 0.3 is 0 Å². The number of rotatable bonds is 7. The van der Waals surface area contributed by atoms with Crippen molar-refractivity contribution in [3.63, 3.8) is 0 Å². The van der Waals surface area contributed by atoms with Crippen molar-refractivity contribution in [1.82, 2.24) is 10.2 Å². The van der Waals surface area contributed by atoms with Gasteiger partial charge in [-0.15, -0.1) is 0 Å². The van der Waals surface area contributed by atoms with Gasteiger partial charge in [0.1, 0.15) is 0 Å². The molecule has 0 spiro atoms. The van der Waals surface area contributed by atoms with Crippen LogP contribution in [0.3, 0.4) is 0 Å². The van der Waals surface area contributed by atoms with E-state index in [1.54, 1.807) is 0 Å². The summed E-state index contributed by atoms with van der Waals surface area (Å²) in [6.45, 7) is 7.03. The molecule has 3 aliphatic rings. The van der Waals surface area contributed by atoms with Crippen molar-refractivity contribution in [3.8, 4) is 0 Å². The van der Waals surface area contributed by atoms with Crippen molar-refractivity contribution in [2.45, 2.75) is 70.4 Å². The van der Waals surface area contributed by atoms with E-state index in [1.807, 2.05) is 0 Å². The van der Waals surface area contributed by atoms with E-state index >= 15 is 0 Å². The van der Waals surface area contributed by atoms with Crippen molar-refractivity contribution >= 4 is 0 Å². The molecule has 3 atom stereocenters. The zero-order valence-corrected chi connectivity index (χ0v) is 14.1. The Labute approximate surface area is 130 Å². The lowest BCUT2D eigenvalue weighted by atomic mass is 9.69. The highest BCUT2D eigenvalue weighted by molar-refractivity contribution is 4.93. The first-order valence-electron chi connectivity index (χ1n) is 9.19. The van der Waals surface area contributed by atoms with Gasteiger partial charge in [-0.2, -0.15) is 0 Å². The zero-order valence-electron chi connectivity index (χ0n) is 14.1. The fraction of sp³-hybridized carbons (Fsp3) is 1.00. The second-order valence-corrected chi connectivity index (χ2v) is 8.19. The van der Waals surface area contributed by atoms with E-state index in [4.69, 9.17) is 4.74 Å². The standard InChI is InChI=1S/C18H34N2O/c1-15-5-3-9-18(11-15,13-19-16-7-8-16)14-20(2)12-17-6-4-10-21-17/h15-17,19H,3-14H2,1-2H3. The molecule has 3 unspecified atom stereocenters. The van der Waals surface area contributed by atoms with E-state index in [2.05, 4.69) is 24.2 Å². The molecule has 0 amide bonds. The summed E-state index contributed by atoms with van der Waals surface area (Å²) < 4.78 is 5.82. The first-order chi connectivity index (χ1) is 10.2. The third-order valence-electron chi connectivity index (χ3n) is 5.67. The average molecular weight is 294 g/mol. The van der Waals surface area contributed by atoms with Crippen LogP contribution < -0.4 is 5.32 Å². The maximum atomic E-state index is 5.82.